The molecule has 0 saturated carbocycles. The molecule has 0 atom stereocenters. The van der Waals surface area contributed by atoms with Crippen molar-refractivity contribution >= 4 is 0 Å². The lowest BCUT2D eigenvalue weighted by atomic mass is 10.0. The lowest BCUT2D eigenvalue weighted by Gasteiger charge is -2.02. The molecule has 0 N–H and O–H groups in total. The molecule has 0 rings (SSSR count). The first-order chi connectivity index (χ1) is 13.9. The van der Waals surface area contributed by atoms with Crippen LogP contribution in [0.2, 0.25) is 0 Å². The van der Waals surface area contributed by atoms with E-state index in [9.17, 15) is 0 Å². The van der Waals surface area contributed by atoms with Crippen LogP contribution in [0.25, 0.3) is 0 Å². The van der Waals surface area contributed by atoms with Crippen LogP contribution in [0.4, 0.5) is 0 Å². The van der Waals surface area contributed by atoms with Gasteiger partial charge in [-0.15, -0.1) is 0 Å². The summed E-state index contributed by atoms with van der Waals surface area (Å²) in [5.74, 6) is 0. The molecule has 0 heteroatoms. The van der Waals surface area contributed by atoms with Crippen molar-refractivity contribution in [2.45, 2.75) is 103 Å². The van der Waals surface area contributed by atoms with Crippen LogP contribution in [0.15, 0.2) is 66.8 Å². The van der Waals surface area contributed by atoms with Crippen molar-refractivity contribution in [3.63, 3.8) is 0 Å². The zero-order valence-electron chi connectivity index (χ0n) is 18.5. The maximum atomic E-state index is 5.24. The third kappa shape index (κ3) is 24.4. The quantitative estimate of drug-likeness (QED) is 0.145. The molecule has 0 fully saturated rings. The Labute approximate surface area is 176 Å². The van der Waals surface area contributed by atoms with Gasteiger partial charge in [-0.3, -0.25) is 0 Å². The fraction of sp³-hybridized carbons (Fsp3) is 0.571. The van der Waals surface area contributed by atoms with Gasteiger partial charge in [-0.05, 0) is 12.8 Å². The zero-order valence-corrected chi connectivity index (χ0v) is 18.5. The number of unbranched alkanes of at least 4 members (excludes halogenated alkanes) is 14. The monoisotopic (exact) mass is 381 g/mol. The normalized spacial score (nSPS) is 12.6. The average Bonchev–Trinajstić information content (AvgIpc) is 2.71. The summed E-state index contributed by atoms with van der Waals surface area (Å²) < 4.78 is 0. The average molecular weight is 382 g/mol. The van der Waals surface area contributed by atoms with Gasteiger partial charge >= 0.3 is 0 Å². The van der Waals surface area contributed by atoms with Gasteiger partial charge in [-0.2, -0.15) is 0 Å². The molecule has 157 valence electrons. The van der Waals surface area contributed by atoms with Gasteiger partial charge in [0.25, 0.3) is 0 Å². The lowest BCUT2D eigenvalue weighted by Crippen LogP contribution is -1.83. The summed E-state index contributed by atoms with van der Waals surface area (Å²) in [6.45, 7) is 7.53. The summed E-state index contributed by atoms with van der Waals surface area (Å²) in [5, 5.41) is 0. The van der Waals surface area contributed by atoms with Gasteiger partial charge in [-0.1, -0.05) is 164 Å². The molecular formula is C28H45. The number of hydrogen-bond donors (Lipinski definition) is 0. The van der Waals surface area contributed by atoms with Crippen molar-refractivity contribution < 1.29 is 0 Å². The van der Waals surface area contributed by atoms with Crippen LogP contribution in [0.5, 0.6) is 0 Å². The lowest BCUT2D eigenvalue weighted by molar-refractivity contribution is 0.536. The Kier molecular flexibility index (Phi) is 24.0. The summed E-state index contributed by atoms with van der Waals surface area (Å²) in [6, 6.07) is 0. The summed E-state index contributed by atoms with van der Waals surface area (Å²) in [5.41, 5.74) is 0. The van der Waals surface area contributed by atoms with Crippen molar-refractivity contribution in [1.82, 2.24) is 0 Å². The van der Waals surface area contributed by atoms with Crippen molar-refractivity contribution in [2.24, 2.45) is 0 Å². The predicted molar refractivity (Wildman–Crippen MR) is 129 cm³/mol. The first kappa shape index (κ1) is 26.4. The second-order valence-corrected chi connectivity index (χ2v) is 7.55. The fourth-order valence-electron chi connectivity index (χ4n) is 3.14. The van der Waals surface area contributed by atoms with E-state index in [-0.39, 0.29) is 0 Å². The molecular weight excluding hydrogens is 336 g/mol. The molecule has 0 aliphatic carbocycles. The van der Waals surface area contributed by atoms with Crippen LogP contribution < -0.4 is 0 Å². The third-order valence-electron chi connectivity index (χ3n) is 4.86. The van der Waals surface area contributed by atoms with Crippen LogP contribution >= 0.6 is 0 Å². The summed E-state index contributed by atoms with van der Waals surface area (Å²) >= 11 is 0. The molecule has 0 heterocycles. The Morgan fingerprint density at radius 1 is 0.429 bits per heavy atom. The number of hydrogen-bond acceptors (Lipinski definition) is 0. The highest BCUT2D eigenvalue weighted by Gasteiger charge is 1.93. The Balaban J connectivity index is 3.28. The molecule has 0 unspecified atom stereocenters. The Hall–Kier alpha value is -1.56. The molecule has 0 aliphatic rings. The minimum absolute atomic E-state index is 1.20. The maximum absolute atomic E-state index is 5.24. The molecule has 0 spiro atoms. The summed E-state index contributed by atoms with van der Waals surface area (Å²) in [4.78, 5) is 0. The van der Waals surface area contributed by atoms with E-state index in [0.29, 0.717) is 0 Å². The molecule has 0 aromatic carbocycles. The smallest absolute Gasteiger partial charge is 0.0348 e. The molecule has 0 aromatic heterocycles. The van der Waals surface area contributed by atoms with Crippen LogP contribution in [-0.4, -0.2) is 0 Å². The molecule has 0 amide bonds. The molecule has 0 nitrogen and oxygen atoms in total. The van der Waals surface area contributed by atoms with E-state index >= 15 is 0 Å². The van der Waals surface area contributed by atoms with E-state index in [1.165, 1.54) is 102 Å². The molecule has 0 aliphatic heterocycles. The van der Waals surface area contributed by atoms with E-state index < -0.39 is 0 Å². The van der Waals surface area contributed by atoms with Crippen molar-refractivity contribution in [2.75, 3.05) is 0 Å². The number of rotatable bonds is 20. The first-order valence-corrected chi connectivity index (χ1v) is 11.8. The first-order valence-electron chi connectivity index (χ1n) is 11.8. The molecule has 28 heavy (non-hydrogen) atoms. The molecule has 1 radical (unpaired) electrons. The van der Waals surface area contributed by atoms with E-state index in [2.05, 4.69) is 31.2 Å². The van der Waals surface area contributed by atoms with Crippen LogP contribution in [-0.2, 0) is 0 Å². The summed E-state index contributed by atoms with van der Waals surface area (Å²) in [7, 11) is 0. The van der Waals surface area contributed by atoms with Crippen molar-refractivity contribution in [3.8, 4) is 0 Å². The minimum atomic E-state index is 1.20. The number of allylic oxidation sites excluding steroid dienone is 11. The van der Waals surface area contributed by atoms with E-state index in [1.54, 1.807) is 6.08 Å². The largest absolute Gasteiger partial charge is 0.0845 e. The highest BCUT2D eigenvalue weighted by molar-refractivity contribution is 5.18. The molecule has 0 bridgehead atoms. The highest BCUT2D eigenvalue weighted by Crippen LogP contribution is 2.13. The van der Waals surface area contributed by atoms with Gasteiger partial charge in [-0.25, -0.2) is 0 Å². The van der Waals surface area contributed by atoms with Crippen molar-refractivity contribution in [3.05, 3.63) is 73.4 Å². The van der Waals surface area contributed by atoms with Gasteiger partial charge in [0, 0.05) is 0 Å². The second kappa shape index (κ2) is 25.4. The maximum Gasteiger partial charge on any atom is -0.0348 e. The Bertz CT molecular complexity index is 445. The van der Waals surface area contributed by atoms with E-state index in [4.69, 9.17) is 6.58 Å². The summed E-state index contributed by atoms with van der Waals surface area (Å²) in [6.07, 6.45) is 43.0. The van der Waals surface area contributed by atoms with Gasteiger partial charge < -0.3 is 0 Å². The topological polar surface area (TPSA) is 0 Å². The van der Waals surface area contributed by atoms with Gasteiger partial charge in [0.15, 0.2) is 0 Å². The second-order valence-electron chi connectivity index (χ2n) is 7.55. The minimum Gasteiger partial charge on any atom is -0.0845 e. The predicted octanol–water partition coefficient (Wildman–Crippen LogP) is 9.63. The zero-order chi connectivity index (χ0) is 20.4. The standard InChI is InChI=1S/C28H45/c1-3-5-7-9-11-13-15-17-19-21-23-25-27-28-26-24-22-20-18-16-14-12-10-8-6-4-2/h1,3,5,7,9,11,13,15,17,19,21,23H,4,6,8,10,12,14,16,18,20,22,24-28H2,2H3. The van der Waals surface area contributed by atoms with Crippen LogP contribution in [0.1, 0.15) is 103 Å². The Morgan fingerprint density at radius 2 is 0.786 bits per heavy atom. The van der Waals surface area contributed by atoms with Gasteiger partial charge in [0.05, 0.1) is 0 Å². The van der Waals surface area contributed by atoms with E-state index in [1.807, 2.05) is 30.4 Å². The highest BCUT2D eigenvalue weighted by atomic mass is 14.0. The SMILES string of the molecule is [CH]=CC=CC=CC=CC=CC=CCCCCCCCCCCCCCCCC. The van der Waals surface area contributed by atoms with Crippen LogP contribution in [0, 0.1) is 6.58 Å². The van der Waals surface area contributed by atoms with Gasteiger partial charge in [0.2, 0.25) is 0 Å². The van der Waals surface area contributed by atoms with Gasteiger partial charge in [0.1, 0.15) is 0 Å². The molecule has 0 aromatic rings. The van der Waals surface area contributed by atoms with Crippen molar-refractivity contribution in [1.29, 1.82) is 0 Å². The molecule has 0 saturated heterocycles. The van der Waals surface area contributed by atoms with E-state index in [0.717, 1.165) is 0 Å². The van der Waals surface area contributed by atoms with Crippen LogP contribution in [0.3, 0.4) is 0 Å². The fourth-order valence-corrected chi connectivity index (χ4v) is 3.14. The Morgan fingerprint density at radius 3 is 1.21 bits per heavy atom. The third-order valence-corrected chi connectivity index (χ3v) is 4.86.